The van der Waals surface area contributed by atoms with Crippen molar-refractivity contribution in [2.24, 2.45) is 0 Å². The van der Waals surface area contributed by atoms with Crippen LogP contribution in [0.1, 0.15) is 62.2 Å². The molecule has 3 aromatic rings. The van der Waals surface area contributed by atoms with Crippen molar-refractivity contribution in [3.63, 3.8) is 0 Å². The van der Waals surface area contributed by atoms with Crippen LogP contribution in [0.25, 0.3) is 11.1 Å². The average molecular weight is 669 g/mol. The molecule has 0 fully saturated rings. The van der Waals surface area contributed by atoms with Gasteiger partial charge in [-0.15, -0.1) is 0 Å². The Morgan fingerprint density at radius 3 is 2.38 bits per heavy atom. The zero-order valence-electron chi connectivity index (χ0n) is 28.0. The lowest BCUT2D eigenvalue weighted by atomic mass is 10.0. The molecule has 0 saturated heterocycles. The fourth-order valence-corrected chi connectivity index (χ4v) is 5.93. The largest absolute Gasteiger partial charge is 0.433 e. The molecule has 3 heterocycles. The van der Waals surface area contributed by atoms with Gasteiger partial charge in [-0.2, -0.15) is 13.2 Å². The second-order valence-electron chi connectivity index (χ2n) is 13.3. The van der Waals surface area contributed by atoms with Gasteiger partial charge in [0, 0.05) is 47.7 Å². The van der Waals surface area contributed by atoms with Gasteiger partial charge >= 0.3 is 6.18 Å². The number of alkyl halides is 3. The second kappa shape index (κ2) is 14.5. The first-order valence-electron chi connectivity index (χ1n) is 15.6. The van der Waals surface area contributed by atoms with Crippen molar-refractivity contribution in [2.75, 3.05) is 36.6 Å². The number of hydrogen-bond donors (Lipinski definition) is 1. The van der Waals surface area contributed by atoms with Gasteiger partial charge in [-0.3, -0.25) is 19.5 Å². The quantitative estimate of drug-likeness (QED) is 0.231. The zero-order valence-corrected chi connectivity index (χ0v) is 29.0. The maximum atomic E-state index is 14.0. The molecule has 8 nitrogen and oxygen atoms in total. The molecular weight excluding hydrogens is 625 g/mol. The molecule has 4 rings (SSSR count). The monoisotopic (exact) mass is 668 g/mol. The molecule has 1 aliphatic heterocycles. The summed E-state index contributed by atoms with van der Waals surface area (Å²) in [6.45, 7) is 16.5. The van der Waals surface area contributed by atoms with Crippen molar-refractivity contribution in [2.45, 2.75) is 71.8 Å². The predicted octanol–water partition coefficient (Wildman–Crippen LogP) is 8.20. The van der Waals surface area contributed by atoms with Gasteiger partial charge in [0.1, 0.15) is 11.5 Å². The number of nitrogens with zero attached hydrogens (tertiary/aromatic N) is 3. The smallest absolute Gasteiger partial charge is 0.415 e. The maximum Gasteiger partial charge on any atom is 0.433 e. The number of aromatic nitrogens is 2. The number of pyridine rings is 2. The number of carbonyl (C=O) groups excluding carboxylic acids is 2. The minimum absolute atomic E-state index is 0.0235. The van der Waals surface area contributed by atoms with Crippen LogP contribution in [0.3, 0.4) is 0 Å². The summed E-state index contributed by atoms with van der Waals surface area (Å²) in [4.78, 5) is 36.5. The van der Waals surface area contributed by atoms with E-state index in [0.29, 0.717) is 50.7 Å². The van der Waals surface area contributed by atoms with Crippen LogP contribution < -0.4 is 10.2 Å². The lowest BCUT2D eigenvalue weighted by molar-refractivity contribution is -0.141. The molecule has 0 radical (unpaired) electrons. The Bertz CT molecular complexity index is 1630. The number of ether oxygens (including phenoxy) is 1. The third-order valence-corrected chi connectivity index (χ3v) is 13.4. The van der Waals surface area contributed by atoms with E-state index in [1.54, 1.807) is 29.3 Å². The lowest BCUT2D eigenvalue weighted by Crippen LogP contribution is -2.44. The summed E-state index contributed by atoms with van der Waals surface area (Å²) < 4.78 is 51.4. The van der Waals surface area contributed by atoms with Crippen molar-refractivity contribution < 1.29 is 31.9 Å². The van der Waals surface area contributed by atoms with E-state index in [9.17, 15) is 22.8 Å². The highest BCUT2D eigenvalue weighted by molar-refractivity contribution is 6.74. The zero-order chi connectivity index (χ0) is 34.6. The molecule has 0 aliphatic carbocycles. The van der Waals surface area contributed by atoms with E-state index in [1.165, 1.54) is 6.07 Å². The van der Waals surface area contributed by atoms with Crippen LogP contribution in [0.4, 0.5) is 24.7 Å². The molecule has 0 atom stereocenters. The van der Waals surface area contributed by atoms with Gasteiger partial charge < -0.3 is 14.5 Å². The van der Waals surface area contributed by atoms with E-state index < -0.39 is 26.1 Å². The third-order valence-electron chi connectivity index (χ3n) is 8.86. The Kier molecular flexibility index (Phi) is 11.1. The Balaban J connectivity index is 1.59. The highest BCUT2D eigenvalue weighted by Crippen LogP contribution is 2.37. The Morgan fingerprint density at radius 2 is 1.72 bits per heavy atom. The summed E-state index contributed by atoms with van der Waals surface area (Å²) >= 11 is 0. The number of halogens is 3. The number of rotatable bonds is 9. The van der Waals surface area contributed by atoms with Crippen LogP contribution in [0.2, 0.25) is 18.1 Å². The summed E-state index contributed by atoms with van der Waals surface area (Å²) in [6, 6.07) is 10.8. The van der Waals surface area contributed by atoms with Crippen molar-refractivity contribution in [1.82, 2.24) is 9.97 Å². The first-order valence-corrected chi connectivity index (χ1v) is 18.5. The van der Waals surface area contributed by atoms with Crippen molar-refractivity contribution >= 4 is 31.6 Å². The predicted molar refractivity (Wildman–Crippen MR) is 180 cm³/mol. The average Bonchev–Trinajstić information content (AvgIpc) is 3.23. The summed E-state index contributed by atoms with van der Waals surface area (Å²) in [5, 5.41) is 2.70. The van der Waals surface area contributed by atoms with E-state index in [2.05, 4.69) is 44.2 Å². The van der Waals surface area contributed by atoms with Crippen LogP contribution in [-0.2, 0) is 20.1 Å². The van der Waals surface area contributed by atoms with Crippen LogP contribution in [0.15, 0.2) is 66.0 Å². The third kappa shape index (κ3) is 8.94. The minimum atomic E-state index is -4.66. The normalized spacial score (nSPS) is 14.5. The van der Waals surface area contributed by atoms with Gasteiger partial charge in [0.25, 0.3) is 11.8 Å². The maximum absolute atomic E-state index is 14.0. The number of amides is 2. The first-order chi connectivity index (χ1) is 22.0. The van der Waals surface area contributed by atoms with Crippen LogP contribution in [-0.4, -0.2) is 56.5 Å². The van der Waals surface area contributed by atoms with Crippen LogP contribution >= 0.6 is 0 Å². The molecule has 0 bridgehead atoms. The molecule has 2 amide bonds. The molecule has 1 aliphatic rings. The fourth-order valence-electron chi connectivity index (χ4n) is 4.89. The SMILES string of the molecule is CC1=C(C(=O)N(CCO[Si](C)(C)C(C)(C)C)c2ccc(-c3cc(NC(=O)c4ccnc(C(F)(F)F)c4)ccc3C)cn2)CCOCC1. The summed E-state index contributed by atoms with van der Waals surface area (Å²) in [6.07, 6.45) is -0.811. The second-order valence-corrected chi connectivity index (χ2v) is 18.1. The highest BCUT2D eigenvalue weighted by atomic mass is 28.4. The lowest BCUT2D eigenvalue weighted by Gasteiger charge is -2.36. The molecule has 0 unspecified atom stereocenters. The van der Waals surface area contributed by atoms with Crippen LogP contribution in [0, 0.1) is 6.92 Å². The number of nitrogens with one attached hydrogen (secondary N) is 1. The number of carbonyl (C=O) groups is 2. The van der Waals surface area contributed by atoms with E-state index in [1.807, 2.05) is 26.0 Å². The molecule has 12 heteroatoms. The van der Waals surface area contributed by atoms with Crippen LogP contribution in [0.5, 0.6) is 0 Å². The molecular formula is C35H43F3N4O4Si. The number of benzene rings is 1. The van der Waals surface area contributed by atoms with E-state index in [4.69, 9.17) is 14.1 Å². The molecule has 252 valence electrons. The summed E-state index contributed by atoms with van der Waals surface area (Å²) in [7, 11) is -2.05. The fraction of sp³-hybridized carbons (Fsp3) is 0.429. The molecule has 0 saturated carbocycles. The minimum Gasteiger partial charge on any atom is -0.415 e. The molecule has 0 spiro atoms. The molecule has 1 aromatic carbocycles. The number of anilines is 2. The van der Waals surface area contributed by atoms with Gasteiger partial charge in [0.15, 0.2) is 8.32 Å². The topological polar surface area (TPSA) is 93.7 Å². The molecule has 1 N–H and O–H groups in total. The Hall–Kier alpha value is -3.87. The Labute approximate surface area is 275 Å². The number of hydrogen-bond acceptors (Lipinski definition) is 6. The van der Waals surface area contributed by atoms with Gasteiger partial charge in [-0.05, 0) is 85.9 Å². The van der Waals surface area contributed by atoms with E-state index in [-0.39, 0.29) is 16.5 Å². The van der Waals surface area contributed by atoms with Gasteiger partial charge in [-0.1, -0.05) is 32.4 Å². The van der Waals surface area contributed by atoms with E-state index in [0.717, 1.165) is 40.1 Å². The van der Waals surface area contributed by atoms with Crippen molar-refractivity contribution in [3.8, 4) is 11.1 Å². The van der Waals surface area contributed by atoms with E-state index >= 15 is 0 Å². The summed E-state index contributed by atoms with van der Waals surface area (Å²) in [5.74, 6) is -0.315. The standard InChI is InChI=1S/C35H43F3N4O4Si/c1-23-8-10-27(41-32(43)25-12-15-39-30(20-25)35(36,37)38)21-29(23)26-9-11-31(40-22-26)42(16-19-46-47(6,7)34(3,4)5)33(44)28-14-18-45-17-13-24(28)2/h8-12,15,20-22H,13-14,16-19H2,1-7H3,(H,41,43). The summed E-state index contributed by atoms with van der Waals surface area (Å²) in [5.41, 5.74) is 3.26. The first kappa shape index (κ1) is 36.0. The molecule has 47 heavy (non-hydrogen) atoms. The van der Waals surface area contributed by atoms with Crippen molar-refractivity contribution in [1.29, 1.82) is 0 Å². The Morgan fingerprint density at radius 1 is 1.00 bits per heavy atom. The molecule has 2 aromatic heterocycles. The van der Waals surface area contributed by atoms with Crippen molar-refractivity contribution in [3.05, 3.63) is 82.8 Å². The highest BCUT2D eigenvalue weighted by Gasteiger charge is 2.37. The number of aryl methyl sites for hydroxylation is 1. The van der Waals surface area contributed by atoms with Gasteiger partial charge in [0.2, 0.25) is 0 Å². The van der Waals surface area contributed by atoms with Gasteiger partial charge in [-0.25, -0.2) is 4.98 Å². The van der Waals surface area contributed by atoms with Gasteiger partial charge in [0.05, 0.1) is 19.8 Å².